The molecular formula is C22H23N3O3S. The van der Waals surface area contributed by atoms with E-state index >= 15 is 0 Å². The number of fused-ring (bicyclic) bond motifs is 1. The van der Waals surface area contributed by atoms with Gasteiger partial charge in [0.15, 0.2) is 0 Å². The number of hydrogen-bond acceptors (Lipinski definition) is 4. The van der Waals surface area contributed by atoms with Gasteiger partial charge in [-0.25, -0.2) is 8.42 Å². The van der Waals surface area contributed by atoms with Crippen molar-refractivity contribution in [3.8, 4) is 0 Å². The highest BCUT2D eigenvalue weighted by atomic mass is 32.2. The molecular weight excluding hydrogens is 386 g/mol. The predicted molar refractivity (Wildman–Crippen MR) is 110 cm³/mol. The fraction of sp³-hybridized carbons (Fsp3) is 0.273. The van der Waals surface area contributed by atoms with Crippen molar-refractivity contribution in [1.82, 2.24) is 14.1 Å². The van der Waals surface area contributed by atoms with Crippen LogP contribution >= 0.6 is 0 Å². The Bertz CT molecular complexity index is 1190. The molecule has 29 heavy (non-hydrogen) atoms. The number of carbonyl (C=O) groups excluding carboxylic acids is 1. The Hall–Kier alpha value is -2.77. The van der Waals surface area contributed by atoms with Crippen LogP contribution in [0.15, 0.2) is 53.4 Å². The third kappa shape index (κ3) is 3.41. The number of aromatic nitrogens is 2. The Balaban J connectivity index is 1.70. The van der Waals surface area contributed by atoms with E-state index in [0.29, 0.717) is 36.5 Å². The van der Waals surface area contributed by atoms with Gasteiger partial charge in [0.25, 0.3) is 5.91 Å². The van der Waals surface area contributed by atoms with Crippen LogP contribution in [-0.4, -0.2) is 35.0 Å². The fourth-order valence-corrected chi connectivity index (χ4v) is 5.59. The summed E-state index contributed by atoms with van der Waals surface area (Å²) in [5.41, 5.74) is 4.38. The molecule has 0 bridgehead atoms. The Morgan fingerprint density at radius 3 is 2.31 bits per heavy atom. The molecule has 0 N–H and O–H groups in total. The van der Waals surface area contributed by atoms with E-state index in [2.05, 4.69) is 5.10 Å². The van der Waals surface area contributed by atoms with Crippen molar-refractivity contribution in [1.29, 1.82) is 0 Å². The van der Waals surface area contributed by atoms with E-state index in [1.54, 1.807) is 26.0 Å². The molecule has 0 radical (unpaired) electrons. The molecule has 1 aliphatic heterocycles. The molecule has 0 amide bonds. The largest absolute Gasteiger partial charge is 0.278 e. The van der Waals surface area contributed by atoms with Crippen LogP contribution in [-0.2, 0) is 23.0 Å². The molecule has 6 nitrogen and oxygen atoms in total. The first-order valence-corrected chi connectivity index (χ1v) is 11.0. The van der Waals surface area contributed by atoms with Gasteiger partial charge in [-0.15, -0.1) is 0 Å². The summed E-state index contributed by atoms with van der Waals surface area (Å²) in [7, 11) is -3.77. The molecule has 4 rings (SSSR count). The second kappa shape index (κ2) is 7.24. The smallest absolute Gasteiger partial charge is 0.267 e. The van der Waals surface area contributed by atoms with Crippen LogP contribution in [0.5, 0.6) is 0 Å². The summed E-state index contributed by atoms with van der Waals surface area (Å²) >= 11 is 0. The minimum absolute atomic E-state index is 0.123. The summed E-state index contributed by atoms with van der Waals surface area (Å²) < 4.78 is 29.5. The van der Waals surface area contributed by atoms with Gasteiger partial charge in [-0.2, -0.15) is 14.1 Å². The van der Waals surface area contributed by atoms with Crippen molar-refractivity contribution in [2.75, 3.05) is 6.54 Å². The number of carbonyl (C=O) groups is 1. The first-order chi connectivity index (χ1) is 13.8. The molecule has 0 fully saturated rings. The molecule has 0 saturated heterocycles. The summed E-state index contributed by atoms with van der Waals surface area (Å²) in [5.74, 6) is -0.337. The maximum atomic E-state index is 13.4. The molecule has 0 unspecified atom stereocenters. The quantitative estimate of drug-likeness (QED) is 0.666. The molecule has 2 aromatic carbocycles. The first kappa shape index (κ1) is 19.5. The van der Waals surface area contributed by atoms with Crippen molar-refractivity contribution in [2.45, 2.75) is 38.6 Å². The Labute approximate surface area is 170 Å². The van der Waals surface area contributed by atoms with Gasteiger partial charge in [-0.1, -0.05) is 42.0 Å². The summed E-state index contributed by atoms with van der Waals surface area (Å²) in [6.07, 6.45) is 0.671. The predicted octanol–water partition coefficient (Wildman–Crippen LogP) is 3.24. The third-order valence-electron chi connectivity index (χ3n) is 5.41. The van der Waals surface area contributed by atoms with E-state index in [9.17, 15) is 13.2 Å². The van der Waals surface area contributed by atoms with E-state index < -0.39 is 10.0 Å². The van der Waals surface area contributed by atoms with E-state index in [0.717, 1.165) is 11.1 Å². The monoisotopic (exact) mass is 409 g/mol. The standard InChI is InChI=1S/C22H23N3O3S/c1-15-8-10-19(11-9-15)22(26)25-17(3)21(16(2)23-25)29(27,28)24-13-12-18-6-4-5-7-20(18)14-24/h4-11H,12-14H2,1-3H3. The van der Waals surface area contributed by atoms with Crippen LogP contribution in [0.2, 0.25) is 0 Å². The van der Waals surface area contributed by atoms with Crippen molar-refractivity contribution < 1.29 is 13.2 Å². The normalized spacial score (nSPS) is 14.6. The average molecular weight is 410 g/mol. The highest BCUT2D eigenvalue weighted by Crippen LogP contribution is 2.28. The molecule has 0 atom stereocenters. The van der Waals surface area contributed by atoms with Gasteiger partial charge in [0.2, 0.25) is 10.0 Å². The molecule has 7 heteroatoms. The van der Waals surface area contributed by atoms with E-state index in [4.69, 9.17) is 0 Å². The number of aryl methyl sites for hydroxylation is 2. The molecule has 2 heterocycles. The summed E-state index contributed by atoms with van der Waals surface area (Å²) in [4.78, 5) is 13.0. The maximum Gasteiger partial charge on any atom is 0.278 e. The van der Waals surface area contributed by atoms with Crippen molar-refractivity contribution >= 4 is 15.9 Å². The summed E-state index contributed by atoms with van der Waals surface area (Å²) in [5, 5.41) is 4.28. The lowest BCUT2D eigenvalue weighted by Crippen LogP contribution is -2.36. The highest BCUT2D eigenvalue weighted by molar-refractivity contribution is 7.89. The molecule has 150 valence electrons. The summed E-state index contributed by atoms with van der Waals surface area (Å²) in [6, 6.07) is 15.0. The van der Waals surface area contributed by atoms with Crippen LogP contribution in [0.4, 0.5) is 0 Å². The molecule has 1 aliphatic rings. The van der Waals surface area contributed by atoms with Gasteiger partial charge < -0.3 is 0 Å². The van der Waals surface area contributed by atoms with Crippen LogP contribution in [0, 0.1) is 20.8 Å². The van der Waals surface area contributed by atoms with Crippen LogP contribution in [0.3, 0.4) is 0 Å². The van der Waals surface area contributed by atoms with Crippen molar-refractivity contribution in [2.24, 2.45) is 0 Å². The first-order valence-electron chi connectivity index (χ1n) is 9.53. The lowest BCUT2D eigenvalue weighted by molar-refractivity contribution is 0.0942. The zero-order valence-electron chi connectivity index (χ0n) is 16.7. The zero-order chi connectivity index (χ0) is 20.8. The Morgan fingerprint density at radius 2 is 1.62 bits per heavy atom. The Kier molecular flexibility index (Phi) is 4.88. The van der Waals surface area contributed by atoms with Gasteiger partial charge in [-0.05, 0) is 50.5 Å². The molecule has 3 aromatic rings. The van der Waals surface area contributed by atoms with Crippen LogP contribution in [0.1, 0.15) is 38.4 Å². The van der Waals surface area contributed by atoms with Gasteiger partial charge >= 0.3 is 0 Å². The van der Waals surface area contributed by atoms with Gasteiger partial charge in [0.05, 0.1) is 11.4 Å². The number of nitrogens with zero attached hydrogens (tertiary/aromatic N) is 3. The third-order valence-corrected chi connectivity index (χ3v) is 7.51. The Morgan fingerprint density at radius 1 is 0.966 bits per heavy atom. The maximum absolute atomic E-state index is 13.4. The van der Waals surface area contributed by atoms with Crippen molar-refractivity contribution in [3.63, 3.8) is 0 Å². The van der Waals surface area contributed by atoms with Gasteiger partial charge in [0.1, 0.15) is 4.90 Å². The topological polar surface area (TPSA) is 72.3 Å². The lowest BCUT2D eigenvalue weighted by atomic mass is 10.0. The minimum atomic E-state index is -3.77. The molecule has 0 saturated carbocycles. The lowest BCUT2D eigenvalue weighted by Gasteiger charge is -2.28. The SMILES string of the molecule is Cc1ccc(C(=O)n2nc(C)c(S(=O)(=O)N3CCc4ccccc4C3)c2C)cc1. The van der Waals surface area contributed by atoms with Gasteiger partial charge in [0, 0.05) is 18.7 Å². The van der Waals surface area contributed by atoms with Crippen LogP contribution < -0.4 is 0 Å². The summed E-state index contributed by atoms with van der Waals surface area (Å²) in [6.45, 7) is 5.95. The second-order valence-electron chi connectivity index (χ2n) is 7.44. The van der Waals surface area contributed by atoms with Crippen molar-refractivity contribution in [3.05, 3.63) is 82.2 Å². The highest BCUT2D eigenvalue weighted by Gasteiger charge is 2.34. The van der Waals surface area contributed by atoms with E-state index in [1.807, 2.05) is 43.3 Å². The zero-order valence-corrected chi connectivity index (χ0v) is 17.5. The number of benzene rings is 2. The van der Waals surface area contributed by atoms with E-state index in [1.165, 1.54) is 14.6 Å². The van der Waals surface area contributed by atoms with Crippen LogP contribution in [0.25, 0.3) is 0 Å². The fourth-order valence-electron chi connectivity index (χ4n) is 3.82. The average Bonchev–Trinajstić information content (AvgIpc) is 3.02. The molecule has 1 aromatic heterocycles. The van der Waals surface area contributed by atoms with E-state index in [-0.39, 0.29) is 10.8 Å². The number of hydrogen-bond donors (Lipinski definition) is 0. The minimum Gasteiger partial charge on any atom is -0.267 e. The number of rotatable bonds is 3. The number of sulfonamides is 1. The van der Waals surface area contributed by atoms with Gasteiger partial charge in [-0.3, -0.25) is 4.79 Å². The second-order valence-corrected chi connectivity index (χ2v) is 9.32. The molecule has 0 aliphatic carbocycles. The molecule has 0 spiro atoms.